The first kappa shape index (κ1) is 37.6. The molecule has 1 unspecified atom stereocenters. The molecule has 56 heavy (non-hydrogen) atoms. The first-order valence-electron chi connectivity index (χ1n) is 20.0. The number of carbonyl (C=O) groups is 3. The normalized spacial score (nSPS) is 21.2. The Morgan fingerprint density at radius 3 is 2.39 bits per heavy atom. The number of rotatable bonds is 9. The molecule has 2 aliphatic heterocycles. The molecule has 1 aliphatic carbocycles. The number of piperidine rings is 2. The summed E-state index contributed by atoms with van der Waals surface area (Å²) in [5, 5.41) is 22.3. The van der Waals surface area contributed by atoms with E-state index in [4.69, 9.17) is 5.10 Å². The number of nitrogens with zero attached hydrogens (tertiary/aromatic N) is 6. The number of fused-ring (bicyclic) bond motifs is 2. The molecule has 0 radical (unpaired) electrons. The minimum atomic E-state index is -1.17. The lowest BCUT2D eigenvalue weighted by atomic mass is 9.85. The number of imide groups is 1. The number of amides is 3. The Morgan fingerprint density at radius 1 is 0.964 bits per heavy atom. The van der Waals surface area contributed by atoms with E-state index in [1.807, 2.05) is 42.5 Å². The summed E-state index contributed by atoms with van der Waals surface area (Å²) in [6.07, 6.45) is 8.98. The maximum atomic E-state index is 13.5. The van der Waals surface area contributed by atoms with Gasteiger partial charge in [-0.05, 0) is 108 Å². The van der Waals surface area contributed by atoms with Gasteiger partial charge in [-0.1, -0.05) is 24.3 Å². The van der Waals surface area contributed by atoms with E-state index in [0.717, 1.165) is 85.8 Å². The van der Waals surface area contributed by atoms with Crippen molar-refractivity contribution in [1.82, 2.24) is 29.1 Å². The van der Waals surface area contributed by atoms with Crippen LogP contribution >= 0.6 is 0 Å². The van der Waals surface area contributed by atoms with Gasteiger partial charge in [0.25, 0.3) is 5.91 Å². The summed E-state index contributed by atoms with van der Waals surface area (Å²) < 4.78 is 5.29. The summed E-state index contributed by atoms with van der Waals surface area (Å²) >= 11 is 0. The van der Waals surface area contributed by atoms with Crippen LogP contribution in [0, 0.1) is 5.92 Å². The fourth-order valence-corrected chi connectivity index (χ4v) is 9.27. The zero-order valence-corrected chi connectivity index (χ0v) is 32.7. The second-order valence-electron chi connectivity index (χ2n) is 16.6. The summed E-state index contributed by atoms with van der Waals surface area (Å²) in [6, 6.07) is 18.9. The molecule has 3 amide bonds. The average Bonchev–Trinajstić information content (AvgIpc) is 3.72. The van der Waals surface area contributed by atoms with Gasteiger partial charge in [0.1, 0.15) is 6.04 Å². The second kappa shape index (κ2) is 15.0. The van der Waals surface area contributed by atoms with Gasteiger partial charge >= 0.3 is 5.69 Å². The van der Waals surface area contributed by atoms with E-state index >= 15 is 0 Å². The lowest BCUT2D eigenvalue weighted by molar-refractivity contribution is -0.135. The molecule has 8 rings (SSSR count). The zero-order chi connectivity index (χ0) is 39.3. The van der Waals surface area contributed by atoms with E-state index in [2.05, 4.69) is 44.4 Å². The van der Waals surface area contributed by atoms with E-state index in [-0.39, 0.29) is 23.9 Å². The van der Waals surface area contributed by atoms with Crippen molar-refractivity contribution < 1.29 is 19.5 Å². The summed E-state index contributed by atoms with van der Waals surface area (Å²) in [6.45, 7) is 6.25. The Bertz CT molecular complexity index is 2340. The van der Waals surface area contributed by atoms with Crippen LogP contribution in [0.5, 0.6) is 0 Å². The first-order chi connectivity index (χ1) is 26.9. The van der Waals surface area contributed by atoms with Crippen molar-refractivity contribution in [3.05, 3.63) is 88.5 Å². The highest BCUT2D eigenvalue weighted by atomic mass is 16.3. The predicted octanol–water partition coefficient (Wildman–Crippen LogP) is 5.48. The number of para-hydroxylation sites is 1. The molecule has 4 heterocycles. The van der Waals surface area contributed by atoms with Crippen LogP contribution in [0.15, 0.2) is 71.7 Å². The number of aryl methyl sites for hydroxylation is 1. The van der Waals surface area contributed by atoms with Crippen molar-refractivity contribution in [3.63, 3.8) is 0 Å². The molecule has 3 fully saturated rings. The Balaban J connectivity index is 0.882. The first-order valence-corrected chi connectivity index (χ1v) is 20.0. The maximum Gasteiger partial charge on any atom is 0.329 e. The third-order valence-electron chi connectivity index (χ3n) is 12.4. The fraction of sp³-hybridized carbons (Fsp3) is 0.465. The molecule has 13 nitrogen and oxygen atoms in total. The second-order valence-corrected chi connectivity index (χ2v) is 16.6. The van der Waals surface area contributed by atoms with Gasteiger partial charge in [0, 0.05) is 67.5 Å². The molecular formula is C43H52N8O5. The minimum absolute atomic E-state index is 0.217. The number of hydrogen-bond donors (Lipinski definition) is 3. The summed E-state index contributed by atoms with van der Waals surface area (Å²) in [7, 11) is 4.02. The summed E-state index contributed by atoms with van der Waals surface area (Å²) in [5.41, 5.74) is 3.71. The summed E-state index contributed by atoms with van der Waals surface area (Å²) in [4.78, 5) is 55.9. The Labute approximate surface area is 326 Å². The number of carbonyl (C=O) groups excluding carboxylic acids is 3. The highest BCUT2D eigenvalue weighted by Crippen LogP contribution is 2.37. The largest absolute Gasteiger partial charge is 0.386 e. The third-order valence-corrected chi connectivity index (χ3v) is 12.4. The zero-order valence-electron chi connectivity index (χ0n) is 32.7. The van der Waals surface area contributed by atoms with Crippen LogP contribution in [0.4, 0.5) is 11.4 Å². The number of aliphatic hydroxyl groups is 1. The lowest BCUT2D eigenvalue weighted by Gasteiger charge is -2.40. The molecule has 1 atom stereocenters. The van der Waals surface area contributed by atoms with Gasteiger partial charge in [0.05, 0.1) is 33.9 Å². The minimum Gasteiger partial charge on any atom is -0.386 e. The molecule has 294 valence electrons. The Hall–Kier alpha value is -5.27. The van der Waals surface area contributed by atoms with E-state index in [1.165, 1.54) is 0 Å². The lowest BCUT2D eigenvalue weighted by Crippen LogP contribution is -2.45. The number of anilines is 2. The van der Waals surface area contributed by atoms with Crippen molar-refractivity contribution >= 4 is 51.0 Å². The van der Waals surface area contributed by atoms with Crippen LogP contribution in [0.3, 0.4) is 0 Å². The monoisotopic (exact) mass is 760 g/mol. The van der Waals surface area contributed by atoms with Crippen molar-refractivity contribution in [2.24, 2.45) is 13.0 Å². The quantitative estimate of drug-likeness (QED) is 0.168. The molecule has 1 saturated carbocycles. The van der Waals surface area contributed by atoms with Crippen LogP contribution < -0.4 is 21.2 Å². The fourth-order valence-electron chi connectivity index (χ4n) is 9.27. The average molecular weight is 761 g/mol. The Morgan fingerprint density at radius 2 is 1.70 bits per heavy atom. The highest BCUT2D eigenvalue weighted by Gasteiger charge is 2.33. The van der Waals surface area contributed by atoms with E-state index in [1.54, 1.807) is 42.2 Å². The van der Waals surface area contributed by atoms with Crippen LogP contribution in [0.25, 0.3) is 21.9 Å². The van der Waals surface area contributed by atoms with Crippen LogP contribution in [0.1, 0.15) is 93.2 Å². The van der Waals surface area contributed by atoms with E-state index < -0.39 is 17.6 Å². The SMILES string of the molecule is CN(C[C@H]1CC[C@H](n2cc3cc(NC(=O)c4ccccc4)c(C(C)(C)O)cc3n2)CC1)C1CCN(c2cccc3c2n(C)c(=O)n3C2CCC(=O)NC2=O)CC1. The van der Waals surface area contributed by atoms with Gasteiger partial charge in [-0.3, -0.25) is 33.5 Å². The van der Waals surface area contributed by atoms with Gasteiger partial charge in [-0.15, -0.1) is 0 Å². The van der Waals surface area contributed by atoms with Gasteiger partial charge < -0.3 is 20.2 Å². The van der Waals surface area contributed by atoms with Gasteiger partial charge in [-0.25, -0.2) is 4.79 Å². The molecule has 13 heteroatoms. The van der Waals surface area contributed by atoms with Gasteiger partial charge in [0.2, 0.25) is 11.8 Å². The van der Waals surface area contributed by atoms with Crippen LogP contribution in [-0.2, 0) is 22.2 Å². The summed E-state index contributed by atoms with van der Waals surface area (Å²) in [5.74, 6) is -0.330. The number of imidazole rings is 1. The molecule has 3 aliphatic rings. The van der Waals surface area contributed by atoms with E-state index in [0.29, 0.717) is 41.2 Å². The van der Waals surface area contributed by atoms with Crippen molar-refractivity contribution in [2.45, 2.75) is 88.9 Å². The smallest absolute Gasteiger partial charge is 0.329 e. The number of aromatic nitrogens is 4. The number of benzene rings is 3. The molecule has 0 bridgehead atoms. The van der Waals surface area contributed by atoms with E-state index in [9.17, 15) is 24.3 Å². The standard InChI is InChI=1S/C43H52N8O5/c1-43(2,56)32-24-33-29(23-34(32)44-40(53)28-9-6-5-7-10-28)26-50(46-33)31-15-13-27(14-16-31)25-47(3)30-19-21-49(22-20-30)35-11-8-12-36-39(35)48(4)42(55)51(36)37-17-18-38(52)45-41(37)54/h5-12,23-24,26-27,30-31,37,56H,13-22,25H2,1-4H3,(H,44,53)(H,45,52,54)/t27-,31-,37?. The van der Waals surface area contributed by atoms with Crippen LogP contribution in [-0.4, -0.2) is 79.4 Å². The van der Waals surface area contributed by atoms with Crippen molar-refractivity contribution in [2.75, 3.05) is 36.9 Å². The molecular weight excluding hydrogens is 709 g/mol. The third kappa shape index (κ3) is 7.25. The molecule has 5 aromatic rings. The molecule has 3 aromatic carbocycles. The number of hydrogen-bond acceptors (Lipinski definition) is 8. The molecule has 2 aromatic heterocycles. The van der Waals surface area contributed by atoms with Gasteiger partial charge in [0.15, 0.2) is 0 Å². The molecule has 2 saturated heterocycles. The topological polar surface area (TPSA) is 147 Å². The van der Waals surface area contributed by atoms with Crippen molar-refractivity contribution in [3.8, 4) is 0 Å². The van der Waals surface area contributed by atoms with Crippen molar-refractivity contribution in [1.29, 1.82) is 0 Å². The number of nitrogens with one attached hydrogen (secondary N) is 2. The van der Waals surface area contributed by atoms with Gasteiger partial charge in [-0.2, -0.15) is 5.10 Å². The maximum absolute atomic E-state index is 13.5. The molecule has 3 N–H and O–H groups in total. The Kier molecular flexibility index (Phi) is 10.1. The molecule has 0 spiro atoms. The van der Waals surface area contributed by atoms with Crippen LogP contribution in [0.2, 0.25) is 0 Å². The highest BCUT2D eigenvalue weighted by molar-refractivity contribution is 6.06. The predicted molar refractivity (Wildman–Crippen MR) is 217 cm³/mol.